The van der Waals surface area contributed by atoms with Crippen LogP contribution in [0, 0.1) is 0 Å². The van der Waals surface area contributed by atoms with E-state index in [2.05, 4.69) is 32.0 Å². The molecule has 0 spiro atoms. The van der Waals surface area contributed by atoms with E-state index in [1.54, 1.807) is 11.8 Å². The van der Waals surface area contributed by atoms with E-state index < -0.39 is 12.0 Å². The van der Waals surface area contributed by atoms with Gasteiger partial charge in [-0.1, -0.05) is 60.3 Å². The van der Waals surface area contributed by atoms with Gasteiger partial charge < -0.3 is 14.6 Å². The third-order valence-electron chi connectivity index (χ3n) is 5.22. The highest BCUT2D eigenvalue weighted by atomic mass is 32.2. The summed E-state index contributed by atoms with van der Waals surface area (Å²) in [4.78, 5) is 29.4. The Bertz CT molecular complexity index is 1300. The molecule has 2 aromatic carbocycles. The largest absolute Gasteiger partial charge is 0.467 e. The van der Waals surface area contributed by atoms with Gasteiger partial charge in [0.05, 0.1) is 18.4 Å². The first-order chi connectivity index (χ1) is 16.6. The number of fused-ring (bicyclic) bond motifs is 3. The third-order valence-corrected chi connectivity index (χ3v) is 7.16. The Morgan fingerprint density at radius 1 is 1.09 bits per heavy atom. The van der Waals surface area contributed by atoms with Crippen LogP contribution in [0.1, 0.15) is 12.5 Å². The van der Waals surface area contributed by atoms with Crippen molar-refractivity contribution in [3.8, 4) is 0 Å². The second-order valence-electron chi connectivity index (χ2n) is 7.46. The number of methoxy groups -OCH3 is 1. The Balaban J connectivity index is 1.38. The van der Waals surface area contributed by atoms with Crippen LogP contribution in [0.4, 0.5) is 0 Å². The number of hydrogen-bond donors (Lipinski definition) is 1. The average Bonchev–Trinajstić information content (AvgIpc) is 3.20. The lowest BCUT2D eigenvalue weighted by Gasteiger charge is -2.16. The minimum atomic E-state index is -0.726. The van der Waals surface area contributed by atoms with Gasteiger partial charge in [0.25, 0.3) is 0 Å². The van der Waals surface area contributed by atoms with Gasteiger partial charge in [-0.2, -0.15) is 11.8 Å². The highest BCUT2D eigenvalue weighted by Crippen LogP contribution is 2.27. The maximum Gasteiger partial charge on any atom is 0.329 e. The SMILES string of the molecule is CCn1c2ccccc2c2nnc(SCC(=O)N[C@H](CSCc3ccccc3)C(=O)OC)nc21. The molecule has 176 valence electrons. The fourth-order valence-electron chi connectivity index (χ4n) is 3.62. The summed E-state index contributed by atoms with van der Waals surface area (Å²) in [5.41, 5.74) is 3.69. The predicted octanol–water partition coefficient (Wildman–Crippen LogP) is 3.68. The van der Waals surface area contributed by atoms with Gasteiger partial charge >= 0.3 is 5.97 Å². The highest BCUT2D eigenvalue weighted by molar-refractivity contribution is 7.99. The Hall–Kier alpha value is -3.11. The molecule has 1 N–H and O–H groups in total. The molecule has 0 aliphatic heterocycles. The summed E-state index contributed by atoms with van der Waals surface area (Å²) in [6.07, 6.45) is 0. The molecule has 34 heavy (non-hydrogen) atoms. The minimum absolute atomic E-state index is 0.0659. The lowest BCUT2D eigenvalue weighted by Crippen LogP contribution is -2.44. The summed E-state index contributed by atoms with van der Waals surface area (Å²) in [6.45, 7) is 2.80. The zero-order chi connectivity index (χ0) is 23.9. The lowest BCUT2D eigenvalue weighted by molar-refractivity contribution is -0.144. The van der Waals surface area contributed by atoms with Crippen LogP contribution in [0.15, 0.2) is 59.8 Å². The van der Waals surface area contributed by atoms with Crippen LogP contribution in [0.25, 0.3) is 22.1 Å². The fourth-order valence-corrected chi connectivity index (χ4v) is 5.21. The predicted molar refractivity (Wildman–Crippen MR) is 136 cm³/mol. The number of esters is 1. The minimum Gasteiger partial charge on any atom is -0.467 e. The van der Waals surface area contributed by atoms with E-state index in [0.717, 1.165) is 39.9 Å². The van der Waals surface area contributed by atoms with Crippen molar-refractivity contribution in [3.63, 3.8) is 0 Å². The molecule has 0 unspecified atom stereocenters. The normalized spacial score (nSPS) is 12.1. The topological polar surface area (TPSA) is 99.0 Å². The molecule has 0 radical (unpaired) electrons. The summed E-state index contributed by atoms with van der Waals surface area (Å²) >= 11 is 2.75. The summed E-state index contributed by atoms with van der Waals surface area (Å²) < 4.78 is 6.95. The van der Waals surface area contributed by atoms with Crippen molar-refractivity contribution in [2.45, 2.75) is 30.4 Å². The molecule has 1 atom stereocenters. The number of rotatable bonds is 10. The van der Waals surface area contributed by atoms with Crippen LogP contribution >= 0.6 is 23.5 Å². The van der Waals surface area contributed by atoms with E-state index in [1.165, 1.54) is 18.9 Å². The van der Waals surface area contributed by atoms with E-state index in [-0.39, 0.29) is 11.7 Å². The molecule has 0 saturated heterocycles. The van der Waals surface area contributed by atoms with Crippen molar-refractivity contribution in [3.05, 3.63) is 60.2 Å². The van der Waals surface area contributed by atoms with Crippen LogP contribution in [-0.2, 0) is 26.6 Å². The molecule has 4 rings (SSSR count). The number of nitrogens with zero attached hydrogens (tertiary/aromatic N) is 4. The zero-order valence-corrected chi connectivity index (χ0v) is 20.6. The number of para-hydroxylation sites is 1. The Kier molecular flexibility index (Phi) is 8.02. The number of aryl methyl sites for hydroxylation is 1. The molecular formula is C24H25N5O3S2. The molecule has 0 saturated carbocycles. The Labute approximate surface area is 205 Å². The first kappa shape index (κ1) is 24.0. The highest BCUT2D eigenvalue weighted by Gasteiger charge is 2.22. The fraction of sp³-hybridized carbons (Fsp3) is 0.292. The number of ether oxygens (including phenoxy) is 1. The van der Waals surface area contributed by atoms with E-state index in [1.807, 2.05) is 54.6 Å². The van der Waals surface area contributed by atoms with Gasteiger partial charge in [-0.05, 0) is 18.6 Å². The smallest absolute Gasteiger partial charge is 0.329 e. The maximum absolute atomic E-state index is 12.6. The molecule has 0 bridgehead atoms. The standard InChI is InChI=1S/C24H25N5O3S2/c1-3-29-19-12-8-7-11-17(19)21-22(29)26-24(28-27-21)34-15-20(30)25-18(23(31)32-2)14-33-13-16-9-5-4-6-10-16/h4-12,18H,3,13-15H2,1-2H3,(H,25,30)/t18-/m1/s1. The molecule has 8 nitrogen and oxygen atoms in total. The van der Waals surface area contributed by atoms with E-state index in [4.69, 9.17) is 4.74 Å². The Morgan fingerprint density at radius 3 is 2.62 bits per heavy atom. The molecule has 0 aliphatic rings. The number of carbonyl (C=O) groups is 2. The van der Waals surface area contributed by atoms with E-state index >= 15 is 0 Å². The second-order valence-corrected chi connectivity index (χ2v) is 9.43. The molecule has 0 aliphatic carbocycles. The first-order valence-corrected chi connectivity index (χ1v) is 13.0. The van der Waals surface area contributed by atoms with Gasteiger partial charge in [-0.3, -0.25) is 4.79 Å². The number of aromatic nitrogens is 4. The molecule has 0 fully saturated rings. The zero-order valence-electron chi connectivity index (χ0n) is 18.9. The average molecular weight is 496 g/mol. The number of hydrogen-bond acceptors (Lipinski definition) is 8. The van der Waals surface area contributed by atoms with Gasteiger partial charge in [0.15, 0.2) is 5.65 Å². The van der Waals surface area contributed by atoms with Crippen LogP contribution in [0.2, 0.25) is 0 Å². The van der Waals surface area contributed by atoms with Gasteiger partial charge in [0.1, 0.15) is 11.6 Å². The number of carbonyl (C=O) groups excluding carboxylic acids is 2. The van der Waals surface area contributed by atoms with Crippen LogP contribution in [0.5, 0.6) is 0 Å². The van der Waals surface area contributed by atoms with Gasteiger partial charge in [0.2, 0.25) is 11.1 Å². The van der Waals surface area contributed by atoms with E-state index in [0.29, 0.717) is 10.9 Å². The van der Waals surface area contributed by atoms with Crippen molar-refractivity contribution in [2.24, 2.45) is 0 Å². The van der Waals surface area contributed by atoms with Crippen LogP contribution in [0.3, 0.4) is 0 Å². The quantitative estimate of drug-likeness (QED) is 0.263. The van der Waals surface area contributed by atoms with Crippen LogP contribution in [-0.4, -0.2) is 56.3 Å². The Morgan fingerprint density at radius 2 is 1.85 bits per heavy atom. The second kappa shape index (κ2) is 11.3. The van der Waals surface area contributed by atoms with Gasteiger partial charge in [-0.15, -0.1) is 10.2 Å². The van der Waals surface area contributed by atoms with E-state index in [9.17, 15) is 9.59 Å². The number of nitrogens with one attached hydrogen (secondary N) is 1. The number of amides is 1. The van der Waals surface area contributed by atoms with Gasteiger partial charge in [-0.25, -0.2) is 9.78 Å². The molecule has 1 amide bonds. The summed E-state index contributed by atoms with van der Waals surface area (Å²) in [7, 11) is 1.32. The molecule has 10 heteroatoms. The lowest BCUT2D eigenvalue weighted by atomic mass is 10.2. The summed E-state index contributed by atoms with van der Waals surface area (Å²) in [5.74, 6) is 0.463. The summed E-state index contributed by atoms with van der Waals surface area (Å²) in [6, 6.07) is 17.2. The molecule has 2 heterocycles. The van der Waals surface area contributed by atoms with Crippen molar-refractivity contribution >= 4 is 57.5 Å². The monoisotopic (exact) mass is 495 g/mol. The first-order valence-electron chi connectivity index (χ1n) is 10.8. The van der Waals surface area contributed by atoms with Gasteiger partial charge in [0, 0.05) is 23.4 Å². The van der Waals surface area contributed by atoms with Crippen molar-refractivity contribution in [1.29, 1.82) is 0 Å². The number of thioether (sulfide) groups is 2. The van der Waals surface area contributed by atoms with Crippen molar-refractivity contribution in [2.75, 3.05) is 18.6 Å². The summed E-state index contributed by atoms with van der Waals surface area (Å²) in [5, 5.41) is 12.7. The molecular weight excluding hydrogens is 470 g/mol. The molecule has 4 aromatic rings. The van der Waals surface area contributed by atoms with Crippen LogP contribution < -0.4 is 5.32 Å². The van der Waals surface area contributed by atoms with Crippen molar-refractivity contribution in [1.82, 2.24) is 25.1 Å². The van der Waals surface area contributed by atoms with Crippen molar-refractivity contribution < 1.29 is 14.3 Å². The number of benzene rings is 2. The molecule has 2 aromatic heterocycles. The maximum atomic E-state index is 12.6. The third kappa shape index (κ3) is 5.51.